The summed E-state index contributed by atoms with van der Waals surface area (Å²) in [5.74, 6) is 0.802. The van der Waals surface area contributed by atoms with Crippen molar-refractivity contribution in [2.24, 2.45) is 20.0 Å². The molecule has 0 spiro atoms. The van der Waals surface area contributed by atoms with Gasteiger partial charge < -0.3 is 9.73 Å². The van der Waals surface area contributed by atoms with Crippen molar-refractivity contribution in [3.05, 3.63) is 34.7 Å². The third-order valence-corrected chi connectivity index (χ3v) is 4.55. The maximum atomic E-state index is 12.2. The van der Waals surface area contributed by atoms with Crippen molar-refractivity contribution in [3.8, 4) is 0 Å². The Kier molecular flexibility index (Phi) is 4.31. The first-order valence-corrected chi connectivity index (χ1v) is 7.84. The van der Waals surface area contributed by atoms with Gasteiger partial charge in [0.15, 0.2) is 12.1 Å². The number of hydrogen-bond donors (Lipinski definition) is 1. The highest BCUT2D eigenvalue weighted by atomic mass is 16.3. The summed E-state index contributed by atoms with van der Waals surface area (Å²) in [6, 6.07) is 0.0602. The fourth-order valence-corrected chi connectivity index (χ4v) is 3.23. The summed E-state index contributed by atoms with van der Waals surface area (Å²) in [4.78, 5) is 27.9. The number of nitrogens with one attached hydrogen (secondary N) is 1. The molecule has 2 atom stereocenters. The lowest BCUT2D eigenvalue weighted by Crippen LogP contribution is -2.43. The van der Waals surface area contributed by atoms with E-state index in [1.807, 2.05) is 0 Å². The van der Waals surface area contributed by atoms with Crippen LogP contribution in [0.2, 0.25) is 0 Å². The largest absolute Gasteiger partial charge is 0.451 e. The van der Waals surface area contributed by atoms with E-state index in [1.165, 1.54) is 17.3 Å². The van der Waals surface area contributed by atoms with Gasteiger partial charge in [0.2, 0.25) is 0 Å². The van der Waals surface area contributed by atoms with E-state index in [9.17, 15) is 9.59 Å². The Labute approximate surface area is 133 Å². The van der Waals surface area contributed by atoms with E-state index in [2.05, 4.69) is 15.4 Å². The standard InChI is InChI=1S/C15H21N5O3/c1-19-13(18-20(2)15(19)22)7-10-5-3-4-6-11(10)17-14(21)12-8-23-9-16-12/h8-11H,3-7H2,1-2H3,(H,17,21)/t10-,11-/m1/s1. The summed E-state index contributed by atoms with van der Waals surface area (Å²) in [6.07, 6.45) is 7.41. The van der Waals surface area contributed by atoms with E-state index >= 15 is 0 Å². The van der Waals surface area contributed by atoms with Crippen molar-refractivity contribution in [1.82, 2.24) is 24.6 Å². The number of carbonyl (C=O) groups is 1. The van der Waals surface area contributed by atoms with Gasteiger partial charge in [-0.25, -0.2) is 14.5 Å². The van der Waals surface area contributed by atoms with Gasteiger partial charge in [0.25, 0.3) is 5.91 Å². The fraction of sp³-hybridized carbons (Fsp3) is 0.600. The topological polar surface area (TPSA) is 94.9 Å². The lowest BCUT2D eigenvalue weighted by Gasteiger charge is -2.31. The molecule has 0 saturated heterocycles. The highest BCUT2D eigenvalue weighted by Gasteiger charge is 2.29. The normalized spacial score (nSPS) is 21.3. The second-order valence-corrected chi connectivity index (χ2v) is 6.08. The first-order chi connectivity index (χ1) is 11.1. The van der Waals surface area contributed by atoms with Crippen molar-refractivity contribution >= 4 is 5.91 Å². The van der Waals surface area contributed by atoms with E-state index in [4.69, 9.17) is 4.42 Å². The molecule has 0 unspecified atom stereocenters. The van der Waals surface area contributed by atoms with Gasteiger partial charge in [-0.05, 0) is 18.8 Å². The highest BCUT2D eigenvalue weighted by molar-refractivity contribution is 5.92. The Hall–Kier alpha value is -2.38. The molecule has 1 aliphatic rings. The third-order valence-electron chi connectivity index (χ3n) is 4.55. The fourth-order valence-electron chi connectivity index (χ4n) is 3.23. The monoisotopic (exact) mass is 319 g/mol. The molecule has 1 fully saturated rings. The minimum atomic E-state index is -0.217. The molecule has 1 aliphatic carbocycles. The number of hydrogen-bond acceptors (Lipinski definition) is 5. The van der Waals surface area contributed by atoms with E-state index < -0.39 is 0 Å². The Morgan fingerprint density at radius 1 is 1.39 bits per heavy atom. The van der Waals surface area contributed by atoms with Crippen LogP contribution < -0.4 is 11.0 Å². The predicted molar refractivity (Wildman–Crippen MR) is 81.9 cm³/mol. The Balaban J connectivity index is 1.72. The molecule has 0 radical (unpaired) electrons. The van der Waals surface area contributed by atoms with Crippen LogP contribution in [0.25, 0.3) is 0 Å². The SMILES string of the molecule is Cn1nc(C[C@H]2CCCC[C@H]2NC(=O)c2cocn2)n(C)c1=O. The molecule has 23 heavy (non-hydrogen) atoms. The van der Waals surface area contributed by atoms with Gasteiger partial charge in [-0.2, -0.15) is 5.10 Å². The van der Waals surface area contributed by atoms with Crippen molar-refractivity contribution in [2.75, 3.05) is 0 Å². The number of nitrogens with zero attached hydrogens (tertiary/aromatic N) is 4. The Morgan fingerprint density at radius 3 is 2.83 bits per heavy atom. The van der Waals surface area contributed by atoms with E-state index in [1.54, 1.807) is 18.7 Å². The van der Waals surface area contributed by atoms with Crippen LogP contribution in [0.5, 0.6) is 0 Å². The highest BCUT2D eigenvalue weighted by Crippen LogP contribution is 2.27. The first kappa shape index (κ1) is 15.5. The molecular weight excluding hydrogens is 298 g/mol. The van der Waals surface area contributed by atoms with Crippen molar-refractivity contribution in [2.45, 2.75) is 38.1 Å². The van der Waals surface area contributed by atoms with Gasteiger partial charge in [0.1, 0.15) is 12.1 Å². The average Bonchev–Trinajstić information content (AvgIpc) is 3.15. The molecule has 8 nitrogen and oxygen atoms in total. The average molecular weight is 319 g/mol. The second-order valence-electron chi connectivity index (χ2n) is 6.08. The quantitative estimate of drug-likeness (QED) is 0.892. The van der Waals surface area contributed by atoms with E-state index in [0.717, 1.165) is 31.5 Å². The van der Waals surface area contributed by atoms with Crippen LogP contribution in [0.4, 0.5) is 0 Å². The van der Waals surface area contributed by atoms with Crippen molar-refractivity contribution in [3.63, 3.8) is 0 Å². The van der Waals surface area contributed by atoms with Crippen LogP contribution in [0.1, 0.15) is 42.0 Å². The summed E-state index contributed by atoms with van der Waals surface area (Å²) in [5.41, 5.74) is 0.165. The van der Waals surface area contributed by atoms with Crippen LogP contribution in [0.15, 0.2) is 21.9 Å². The molecule has 3 rings (SSSR count). The van der Waals surface area contributed by atoms with Crippen LogP contribution in [-0.2, 0) is 20.5 Å². The zero-order valence-corrected chi connectivity index (χ0v) is 13.4. The lowest BCUT2D eigenvalue weighted by molar-refractivity contribution is 0.0899. The van der Waals surface area contributed by atoms with Crippen LogP contribution in [0.3, 0.4) is 0 Å². The van der Waals surface area contributed by atoms with Crippen molar-refractivity contribution in [1.29, 1.82) is 0 Å². The maximum Gasteiger partial charge on any atom is 0.345 e. The summed E-state index contributed by atoms with van der Waals surface area (Å²) in [7, 11) is 3.38. The smallest absolute Gasteiger partial charge is 0.345 e. The predicted octanol–water partition coefficient (Wildman–Crippen LogP) is 0.638. The van der Waals surface area contributed by atoms with Gasteiger partial charge in [-0.15, -0.1) is 0 Å². The van der Waals surface area contributed by atoms with Gasteiger partial charge >= 0.3 is 5.69 Å². The minimum Gasteiger partial charge on any atom is -0.451 e. The molecule has 2 aromatic heterocycles. The Morgan fingerprint density at radius 2 is 2.17 bits per heavy atom. The summed E-state index contributed by atoms with van der Waals surface area (Å²) in [5, 5.41) is 7.34. The van der Waals surface area contributed by atoms with Gasteiger partial charge in [0, 0.05) is 26.6 Å². The van der Waals surface area contributed by atoms with E-state index in [-0.39, 0.29) is 23.6 Å². The number of aryl methyl sites for hydroxylation is 1. The van der Waals surface area contributed by atoms with Gasteiger partial charge in [0.05, 0.1) is 0 Å². The van der Waals surface area contributed by atoms with Gasteiger partial charge in [-0.1, -0.05) is 12.8 Å². The number of amides is 1. The number of oxazole rings is 1. The van der Waals surface area contributed by atoms with Crippen LogP contribution >= 0.6 is 0 Å². The molecule has 0 bridgehead atoms. The summed E-state index contributed by atoms with van der Waals surface area (Å²) < 4.78 is 7.78. The molecule has 0 aliphatic heterocycles. The molecule has 124 valence electrons. The zero-order valence-electron chi connectivity index (χ0n) is 13.4. The molecular formula is C15H21N5O3. The lowest BCUT2D eigenvalue weighted by atomic mass is 9.82. The molecule has 1 saturated carbocycles. The number of carbonyl (C=O) groups excluding carboxylic acids is 1. The second kappa shape index (κ2) is 6.39. The summed E-state index contributed by atoms with van der Waals surface area (Å²) in [6.45, 7) is 0. The third kappa shape index (κ3) is 3.20. The molecule has 2 aromatic rings. The number of aromatic nitrogens is 4. The molecule has 1 amide bonds. The van der Waals surface area contributed by atoms with Crippen LogP contribution in [-0.4, -0.2) is 31.3 Å². The summed E-state index contributed by atoms with van der Waals surface area (Å²) >= 11 is 0. The minimum absolute atomic E-state index is 0.0602. The molecule has 8 heteroatoms. The first-order valence-electron chi connectivity index (χ1n) is 7.84. The number of rotatable bonds is 4. The van der Waals surface area contributed by atoms with Crippen LogP contribution in [0, 0.1) is 5.92 Å². The Bertz CT molecular complexity index is 731. The zero-order chi connectivity index (χ0) is 16.4. The molecule has 2 heterocycles. The maximum absolute atomic E-state index is 12.2. The van der Waals surface area contributed by atoms with E-state index in [0.29, 0.717) is 12.1 Å². The van der Waals surface area contributed by atoms with Crippen molar-refractivity contribution < 1.29 is 9.21 Å². The van der Waals surface area contributed by atoms with Gasteiger partial charge in [-0.3, -0.25) is 9.36 Å². The molecule has 0 aromatic carbocycles. The molecule has 1 N–H and O–H groups in total.